The van der Waals surface area contributed by atoms with E-state index in [9.17, 15) is 4.79 Å². The number of rotatable bonds is 6. The Morgan fingerprint density at radius 2 is 1.77 bits per heavy atom. The molecule has 0 aliphatic rings. The van der Waals surface area contributed by atoms with Crippen LogP contribution in [0.15, 0.2) is 54.6 Å². The number of amides is 1. The van der Waals surface area contributed by atoms with Crippen molar-refractivity contribution < 1.29 is 4.79 Å². The van der Waals surface area contributed by atoms with Gasteiger partial charge < -0.3 is 5.32 Å². The molecule has 1 amide bonds. The van der Waals surface area contributed by atoms with Crippen LogP contribution < -0.4 is 5.32 Å². The lowest BCUT2D eigenvalue weighted by Crippen LogP contribution is -2.28. The molecule has 3 rings (SSSR count). The first-order valence-electron chi connectivity index (χ1n) is 8.95. The maximum Gasteiger partial charge on any atom is 0.227 e. The maximum absolute atomic E-state index is 12.7. The van der Waals surface area contributed by atoms with Gasteiger partial charge in [0.2, 0.25) is 5.91 Å². The Morgan fingerprint density at radius 3 is 2.46 bits per heavy atom. The van der Waals surface area contributed by atoms with E-state index in [2.05, 4.69) is 24.4 Å². The first kappa shape index (κ1) is 18.3. The molecule has 4 heteroatoms. The van der Waals surface area contributed by atoms with E-state index in [0.717, 1.165) is 33.1 Å². The van der Waals surface area contributed by atoms with E-state index in [-0.39, 0.29) is 11.8 Å². The van der Waals surface area contributed by atoms with Gasteiger partial charge in [0.05, 0.1) is 18.2 Å². The first-order valence-corrected chi connectivity index (χ1v) is 9.76. The molecule has 134 valence electrons. The lowest BCUT2D eigenvalue weighted by molar-refractivity contribution is -0.122. The lowest BCUT2D eigenvalue weighted by atomic mass is 9.96. The van der Waals surface area contributed by atoms with Gasteiger partial charge in [0, 0.05) is 10.4 Å². The number of carbonyl (C=O) groups is 1. The minimum atomic E-state index is -0.111. The van der Waals surface area contributed by atoms with Crippen molar-refractivity contribution in [3.8, 4) is 10.6 Å². The molecular weight excluding hydrogens is 340 g/mol. The number of aromatic nitrogens is 1. The number of hydrogen-bond acceptors (Lipinski definition) is 3. The normalized spacial score (nSPS) is 12.0. The fraction of sp³-hybridized carbons (Fsp3) is 0.273. The Bertz CT molecular complexity index is 886. The number of nitrogens with one attached hydrogen (secondary N) is 1. The Labute approximate surface area is 159 Å². The maximum atomic E-state index is 12.7. The van der Waals surface area contributed by atoms with Gasteiger partial charge >= 0.3 is 0 Å². The molecule has 0 saturated heterocycles. The van der Waals surface area contributed by atoms with Crippen molar-refractivity contribution >= 4 is 17.2 Å². The highest BCUT2D eigenvalue weighted by Gasteiger charge is 2.19. The SMILES string of the molecule is CC[C@H](C(=O)NCc1sc(-c2ccccc2C)nc1C)c1ccccc1. The van der Waals surface area contributed by atoms with Crippen molar-refractivity contribution in [2.75, 3.05) is 0 Å². The molecule has 0 unspecified atom stereocenters. The van der Waals surface area contributed by atoms with E-state index < -0.39 is 0 Å². The molecule has 2 aromatic carbocycles. The van der Waals surface area contributed by atoms with Crippen LogP contribution in [0.4, 0.5) is 0 Å². The summed E-state index contributed by atoms with van der Waals surface area (Å²) in [4.78, 5) is 18.5. The smallest absolute Gasteiger partial charge is 0.227 e. The van der Waals surface area contributed by atoms with Gasteiger partial charge in [-0.1, -0.05) is 61.5 Å². The van der Waals surface area contributed by atoms with Gasteiger partial charge in [0.15, 0.2) is 0 Å². The molecule has 0 aliphatic carbocycles. The van der Waals surface area contributed by atoms with Crippen LogP contribution in [0.1, 0.15) is 41.0 Å². The molecule has 26 heavy (non-hydrogen) atoms. The topological polar surface area (TPSA) is 42.0 Å². The van der Waals surface area contributed by atoms with Crippen LogP contribution in [0.2, 0.25) is 0 Å². The summed E-state index contributed by atoms with van der Waals surface area (Å²) in [5, 5.41) is 4.11. The van der Waals surface area contributed by atoms with Gasteiger partial charge in [0.25, 0.3) is 0 Å². The molecule has 0 saturated carbocycles. The second-order valence-corrected chi connectivity index (χ2v) is 7.52. The minimum absolute atomic E-state index is 0.0731. The Morgan fingerprint density at radius 1 is 1.08 bits per heavy atom. The summed E-state index contributed by atoms with van der Waals surface area (Å²) in [7, 11) is 0. The van der Waals surface area contributed by atoms with Crippen LogP contribution in [0.5, 0.6) is 0 Å². The average Bonchev–Trinajstić information content (AvgIpc) is 3.02. The second kappa shape index (κ2) is 8.28. The fourth-order valence-corrected chi connectivity index (χ4v) is 4.16. The number of carbonyl (C=O) groups excluding carboxylic acids is 1. The van der Waals surface area contributed by atoms with E-state index in [1.165, 1.54) is 5.56 Å². The third-order valence-electron chi connectivity index (χ3n) is 4.62. The summed E-state index contributed by atoms with van der Waals surface area (Å²) < 4.78 is 0. The minimum Gasteiger partial charge on any atom is -0.351 e. The van der Waals surface area contributed by atoms with Crippen molar-refractivity contribution in [3.63, 3.8) is 0 Å². The standard InChI is InChI=1S/C22H24N2OS/c1-4-18(17-11-6-5-7-12-17)21(25)23-14-20-16(3)24-22(26-20)19-13-9-8-10-15(19)2/h5-13,18H,4,14H2,1-3H3,(H,23,25)/t18-/m0/s1. The predicted molar refractivity (Wildman–Crippen MR) is 108 cm³/mol. The molecular formula is C22H24N2OS. The summed E-state index contributed by atoms with van der Waals surface area (Å²) in [5.41, 5.74) is 4.43. The third-order valence-corrected chi connectivity index (χ3v) is 5.81. The molecule has 1 heterocycles. The van der Waals surface area contributed by atoms with Gasteiger partial charge in [-0.3, -0.25) is 4.79 Å². The number of benzene rings is 2. The summed E-state index contributed by atoms with van der Waals surface area (Å²) in [5.74, 6) is -0.0378. The number of aryl methyl sites for hydroxylation is 2. The van der Waals surface area contributed by atoms with Crippen molar-refractivity contribution in [1.29, 1.82) is 0 Å². The van der Waals surface area contributed by atoms with Crippen molar-refractivity contribution in [2.45, 2.75) is 39.7 Å². The fourth-order valence-electron chi connectivity index (χ4n) is 3.07. The van der Waals surface area contributed by atoms with Gasteiger partial charge in [0.1, 0.15) is 5.01 Å². The average molecular weight is 365 g/mol. The number of thiazole rings is 1. The van der Waals surface area contributed by atoms with Crippen LogP contribution in [0.3, 0.4) is 0 Å². The summed E-state index contributed by atoms with van der Waals surface area (Å²) in [6, 6.07) is 18.2. The number of hydrogen-bond donors (Lipinski definition) is 1. The highest BCUT2D eigenvalue weighted by atomic mass is 32.1. The lowest BCUT2D eigenvalue weighted by Gasteiger charge is -2.15. The van der Waals surface area contributed by atoms with E-state index in [4.69, 9.17) is 4.98 Å². The van der Waals surface area contributed by atoms with Gasteiger partial charge in [-0.15, -0.1) is 11.3 Å². The van der Waals surface area contributed by atoms with Gasteiger partial charge in [-0.2, -0.15) is 0 Å². The molecule has 1 N–H and O–H groups in total. The zero-order valence-electron chi connectivity index (χ0n) is 15.5. The van der Waals surface area contributed by atoms with E-state index in [0.29, 0.717) is 6.54 Å². The first-order chi connectivity index (χ1) is 12.6. The molecule has 0 spiro atoms. The zero-order valence-corrected chi connectivity index (χ0v) is 16.3. The molecule has 0 aliphatic heterocycles. The van der Waals surface area contributed by atoms with Crippen LogP contribution in [-0.2, 0) is 11.3 Å². The highest BCUT2D eigenvalue weighted by Crippen LogP contribution is 2.30. The largest absolute Gasteiger partial charge is 0.351 e. The Kier molecular flexibility index (Phi) is 5.84. The Balaban J connectivity index is 1.72. The van der Waals surface area contributed by atoms with Crippen LogP contribution >= 0.6 is 11.3 Å². The molecule has 0 radical (unpaired) electrons. The van der Waals surface area contributed by atoms with Crippen LogP contribution in [0.25, 0.3) is 10.6 Å². The van der Waals surface area contributed by atoms with Gasteiger partial charge in [-0.05, 0) is 31.4 Å². The quantitative estimate of drug-likeness (QED) is 0.650. The third kappa shape index (κ3) is 4.02. The zero-order chi connectivity index (χ0) is 18.5. The Hall–Kier alpha value is -2.46. The van der Waals surface area contributed by atoms with Crippen molar-refractivity contribution in [1.82, 2.24) is 10.3 Å². The van der Waals surface area contributed by atoms with Crippen LogP contribution in [0, 0.1) is 13.8 Å². The molecule has 1 atom stereocenters. The molecule has 3 aromatic rings. The summed E-state index contributed by atoms with van der Waals surface area (Å²) in [6.07, 6.45) is 0.784. The molecule has 3 nitrogen and oxygen atoms in total. The van der Waals surface area contributed by atoms with Crippen LogP contribution in [-0.4, -0.2) is 10.9 Å². The van der Waals surface area contributed by atoms with Gasteiger partial charge in [-0.25, -0.2) is 4.98 Å². The number of nitrogens with zero attached hydrogens (tertiary/aromatic N) is 1. The van der Waals surface area contributed by atoms with E-state index in [1.54, 1.807) is 11.3 Å². The monoisotopic (exact) mass is 364 g/mol. The molecule has 1 aromatic heterocycles. The van der Waals surface area contributed by atoms with Crippen molar-refractivity contribution in [3.05, 3.63) is 76.3 Å². The summed E-state index contributed by atoms with van der Waals surface area (Å²) in [6.45, 7) is 6.68. The second-order valence-electron chi connectivity index (χ2n) is 6.43. The van der Waals surface area contributed by atoms with E-state index >= 15 is 0 Å². The van der Waals surface area contributed by atoms with Crippen molar-refractivity contribution in [2.24, 2.45) is 0 Å². The van der Waals surface area contributed by atoms with E-state index in [1.807, 2.05) is 56.3 Å². The highest BCUT2D eigenvalue weighted by molar-refractivity contribution is 7.15. The predicted octanol–water partition coefficient (Wildman–Crippen LogP) is 5.24. The molecule has 0 bridgehead atoms. The summed E-state index contributed by atoms with van der Waals surface area (Å²) >= 11 is 1.66. The molecule has 0 fully saturated rings.